The minimum atomic E-state index is -0.851. The van der Waals surface area contributed by atoms with Crippen LogP contribution in [0.3, 0.4) is 0 Å². The lowest BCUT2D eigenvalue weighted by Crippen LogP contribution is -2.30. The van der Waals surface area contributed by atoms with Gasteiger partial charge < -0.3 is 19.5 Å². The maximum atomic E-state index is 12.7. The Morgan fingerprint density at radius 1 is 1.21 bits per heavy atom. The average molecular weight is 335 g/mol. The van der Waals surface area contributed by atoms with Gasteiger partial charge in [0.05, 0.1) is 19.1 Å². The molecule has 1 N–H and O–H groups in total. The van der Waals surface area contributed by atoms with Crippen LogP contribution in [0.15, 0.2) is 18.2 Å². The maximum absolute atomic E-state index is 12.7. The summed E-state index contributed by atoms with van der Waals surface area (Å²) in [5, 5.41) is 9.21. The number of benzene rings is 1. The van der Waals surface area contributed by atoms with E-state index in [-0.39, 0.29) is 18.4 Å². The molecular formula is C18H25NO5. The van der Waals surface area contributed by atoms with Gasteiger partial charge in [-0.15, -0.1) is 0 Å². The summed E-state index contributed by atoms with van der Waals surface area (Å²) in [5.74, 6) is -0.422. The van der Waals surface area contributed by atoms with Gasteiger partial charge in [-0.3, -0.25) is 9.59 Å². The van der Waals surface area contributed by atoms with Crippen LogP contribution in [0.25, 0.3) is 0 Å². The van der Waals surface area contributed by atoms with Crippen LogP contribution < -0.4 is 9.47 Å². The van der Waals surface area contributed by atoms with Gasteiger partial charge in [0.2, 0.25) is 0 Å². The average Bonchev–Trinajstić information content (AvgIpc) is 2.95. The summed E-state index contributed by atoms with van der Waals surface area (Å²) in [6, 6.07) is 5.12. The van der Waals surface area contributed by atoms with Gasteiger partial charge in [0.1, 0.15) is 0 Å². The Hall–Kier alpha value is -2.24. The van der Waals surface area contributed by atoms with E-state index >= 15 is 0 Å². The molecule has 1 aliphatic heterocycles. The molecule has 6 heteroatoms. The summed E-state index contributed by atoms with van der Waals surface area (Å²) in [4.78, 5) is 25.5. The standard InChI is InChI=1S/C18H25NO5/c1-4-8-24-15-7-6-13(9-16(15)23-5-2)17(20)19-10-12(3)14(11-19)18(21)22/h6-7,9,12,14H,4-5,8,10-11H2,1-3H3,(H,21,22)/t12-,14-/m1/s1. The molecular weight excluding hydrogens is 310 g/mol. The number of carboxylic acid groups (broad SMARTS) is 1. The molecule has 0 radical (unpaired) electrons. The first-order valence-corrected chi connectivity index (χ1v) is 8.39. The van der Waals surface area contributed by atoms with Crippen LogP contribution in [0.2, 0.25) is 0 Å². The third-order valence-corrected chi connectivity index (χ3v) is 4.17. The van der Waals surface area contributed by atoms with E-state index in [1.54, 1.807) is 23.1 Å². The minimum absolute atomic E-state index is 0.0510. The number of rotatable bonds is 7. The first-order chi connectivity index (χ1) is 11.5. The fourth-order valence-corrected chi connectivity index (χ4v) is 2.88. The smallest absolute Gasteiger partial charge is 0.308 e. The second-order valence-corrected chi connectivity index (χ2v) is 6.08. The lowest BCUT2D eigenvalue weighted by Gasteiger charge is -2.18. The molecule has 1 amide bonds. The van der Waals surface area contributed by atoms with Crippen LogP contribution in [0.1, 0.15) is 37.6 Å². The second kappa shape index (κ2) is 8.04. The molecule has 6 nitrogen and oxygen atoms in total. The van der Waals surface area contributed by atoms with E-state index in [1.165, 1.54) is 0 Å². The molecule has 2 atom stereocenters. The summed E-state index contributed by atoms with van der Waals surface area (Å²) in [5.41, 5.74) is 0.487. The van der Waals surface area contributed by atoms with Gasteiger partial charge in [-0.05, 0) is 37.5 Å². The van der Waals surface area contributed by atoms with E-state index < -0.39 is 11.9 Å². The van der Waals surface area contributed by atoms with Crippen molar-refractivity contribution in [3.05, 3.63) is 23.8 Å². The molecule has 1 aromatic carbocycles. The SMILES string of the molecule is CCCOc1ccc(C(=O)N2C[C@@H](C)[C@H](C(=O)O)C2)cc1OCC. The van der Waals surface area contributed by atoms with Gasteiger partial charge >= 0.3 is 5.97 Å². The van der Waals surface area contributed by atoms with Crippen LogP contribution in [0.5, 0.6) is 11.5 Å². The molecule has 0 bridgehead atoms. The number of carbonyl (C=O) groups excluding carboxylic acids is 1. The first kappa shape index (κ1) is 18.1. The first-order valence-electron chi connectivity index (χ1n) is 8.39. The van der Waals surface area contributed by atoms with E-state index in [2.05, 4.69) is 0 Å². The number of nitrogens with zero attached hydrogens (tertiary/aromatic N) is 1. The van der Waals surface area contributed by atoms with Crippen LogP contribution in [-0.4, -0.2) is 48.2 Å². The summed E-state index contributed by atoms with van der Waals surface area (Å²) >= 11 is 0. The van der Waals surface area contributed by atoms with Gasteiger partial charge in [-0.25, -0.2) is 0 Å². The number of likely N-dealkylation sites (tertiary alicyclic amines) is 1. The second-order valence-electron chi connectivity index (χ2n) is 6.08. The fraction of sp³-hybridized carbons (Fsp3) is 0.556. The largest absolute Gasteiger partial charge is 0.490 e. The van der Waals surface area contributed by atoms with Gasteiger partial charge in [0, 0.05) is 18.7 Å². The zero-order chi connectivity index (χ0) is 17.7. The van der Waals surface area contributed by atoms with Gasteiger partial charge in [0.25, 0.3) is 5.91 Å². The van der Waals surface area contributed by atoms with Crippen LogP contribution >= 0.6 is 0 Å². The van der Waals surface area contributed by atoms with Crippen molar-refractivity contribution in [3.8, 4) is 11.5 Å². The van der Waals surface area contributed by atoms with Crippen molar-refractivity contribution >= 4 is 11.9 Å². The zero-order valence-electron chi connectivity index (χ0n) is 14.4. The Labute approximate surface area is 142 Å². The van der Waals surface area contributed by atoms with E-state index in [0.717, 1.165) is 6.42 Å². The molecule has 2 rings (SSSR count). The molecule has 0 aliphatic carbocycles. The van der Waals surface area contributed by atoms with Crippen molar-refractivity contribution in [1.29, 1.82) is 0 Å². The van der Waals surface area contributed by atoms with E-state index in [4.69, 9.17) is 9.47 Å². The Morgan fingerprint density at radius 2 is 1.96 bits per heavy atom. The topological polar surface area (TPSA) is 76.1 Å². The van der Waals surface area contributed by atoms with Gasteiger partial charge in [-0.2, -0.15) is 0 Å². The monoisotopic (exact) mass is 335 g/mol. The molecule has 0 spiro atoms. The number of ether oxygens (including phenoxy) is 2. The number of hydrogen-bond donors (Lipinski definition) is 1. The van der Waals surface area contributed by atoms with Crippen LogP contribution in [0, 0.1) is 11.8 Å². The third kappa shape index (κ3) is 3.99. The molecule has 1 aliphatic rings. The quantitative estimate of drug-likeness (QED) is 0.829. The lowest BCUT2D eigenvalue weighted by molar-refractivity contribution is -0.142. The van der Waals surface area contributed by atoms with Crippen LogP contribution in [-0.2, 0) is 4.79 Å². The van der Waals surface area contributed by atoms with Gasteiger partial charge in [0.15, 0.2) is 11.5 Å². The summed E-state index contributed by atoms with van der Waals surface area (Å²) in [6.07, 6.45) is 0.883. The van der Waals surface area contributed by atoms with Crippen molar-refractivity contribution in [2.45, 2.75) is 27.2 Å². The molecule has 1 fully saturated rings. The molecule has 1 heterocycles. The van der Waals surface area contributed by atoms with Crippen molar-refractivity contribution in [1.82, 2.24) is 4.90 Å². The van der Waals surface area contributed by atoms with Crippen molar-refractivity contribution in [2.75, 3.05) is 26.3 Å². The fourth-order valence-electron chi connectivity index (χ4n) is 2.88. The van der Waals surface area contributed by atoms with Crippen molar-refractivity contribution in [2.24, 2.45) is 11.8 Å². The molecule has 0 unspecified atom stereocenters. The maximum Gasteiger partial charge on any atom is 0.308 e. The van der Waals surface area contributed by atoms with Crippen molar-refractivity contribution in [3.63, 3.8) is 0 Å². The van der Waals surface area contributed by atoms with E-state index in [1.807, 2.05) is 20.8 Å². The Kier molecular flexibility index (Phi) is 6.06. The normalized spacial score (nSPS) is 20.0. The third-order valence-electron chi connectivity index (χ3n) is 4.17. The summed E-state index contributed by atoms with van der Waals surface area (Å²) < 4.78 is 11.2. The summed E-state index contributed by atoms with van der Waals surface area (Å²) in [7, 11) is 0. The van der Waals surface area contributed by atoms with E-state index in [0.29, 0.717) is 36.8 Å². The van der Waals surface area contributed by atoms with Crippen molar-refractivity contribution < 1.29 is 24.2 Å². The minimum Gasteiger partial charge on any atom is -0.490 e. The Balaban J connectivity index is 2.17. The molecule has 1 aromatic rings. The predicted molar refractivity (Wildman–Crippen MR) is 89.6 cm³/mol. The summed E-state index contributed by atoms with van der Waals surface area (Å²) in [6.45, 7) is 7.50. The Bertz CT molecular complexity index is 601. The number of aliphatic carboxylic acids is 1. The van der Waals surface area contributed by atoms with E-state index in [9.17, 15) is 14.7 Å². The number of hydrogen-bond acceptors (Lipinski definition) is 4. The molecule has 132 valence electrons. The highest BCUT2D eigenvalue weighted by Crippen LogP contribution is 2.31. The number of amides is 1. The molecule has 0 aromatic heterocycles. The lowest BCUT2D eigenvalue weighted by atomic mass is 9.99. The highest BCUT2D eigenvalue weighted by atomic mass is 16.5. The highest BCUT2D eigenvalue weighted by molar-refractivity contribution is 5.95. The number of carboxylic acids is 1. The molecule has 0 saturated carbocycles. The zero-order valence-corrected chi connectivity index (χ0v) is 14.4. The van der Waals surface area contributed by atoms with Gasteiger partial charge in [-0.1, -0.05) is 13.8 Å². The highest BCUT2D eigenvalue weighted by Gasteiger charge is 2.37. The Morgan fingerprint density at radius 3 is 2.54 bits per heavy atom. The molecule has 24 heavy (non-hydrogen) atoms. The van der Waals surface area contributed by atoms with Crippen LogP contribution in [0.4, 0.5) is 0 Å². The predicted octanol–water partition coefficient (Wildman–Crippen LogP) is 2.67. The number of carbonyl (C=O) groups is 2. The molecule has 1 saturated heterocycles.